The van der Waals surface area contributed by atoms with Crippen LogP contribution in [-0.4, -0.2) is 15.2 Å². The summed E-state index contributed by atoms with van der Waals surface area (Å²) in [5, 5.41) is 14.9. The fourth-order valence-corrected chi connectivity index (χ4v) is 7.26. The molecule has 3 aliphatic carbocycles. The Bertz CT molecular complexity index is 549. The molecule has 3 aliphatic rings. The van der Waals surface area contributed by atoms with E-state index >= 15 is 0 Å². The van der Waals surface area contributed by atoms with Crippen molar-refractivity contribution in [2.75, 3.05) is 5.32 Å². The maximum Gasteiger partial charge on any atom is 0.157 e. The minimum absolute atomic E-state index is 0.0516. The van der Waals surface area contributed by atoms with Gasteiger partial charge >= 0.3 is 0 Å². The van der Waals surface area contributed by atoms with Gasteiger partial charge in [-0.05, 0) is 42.7 Å². The van der Waals surface area contributed by atoms with Crippen molar-refractivity contribution in [2.24, 2.45) is 16.7 Å². The average molecular weight is 322 g/mol. The number of hydrogen-bond acceptors (Lipinski definition) is 2. The van der Waals surface area contributed by atoms with E-state index in [4.69, 9.17) is 0 Å². The van der Waals surface area contributed by atoms with E-state index in [1.54, 1.807) is 0 Å². The van der Waals surface area contributed by atoms with E-state index in [1.165, 1.54) is 6.42 Å². The van der Waals surface area contributed by atoms with Crippen molar-refractivity contribution in [1.29, 1.82) is 0 Å². The van der Waals surface area contributed by atoms with Gasteiger partial charge in [-0.3, -0.25) is 0 Å². The Kier molecular flexibility index (Phi) is 2.06. The zero-order valence-corrected chi connectivity index (χ0v) is 13.0. The molecule has 2 N–H and O–H groups in total. The van der Waals surface area contributed by atoms with Gasteiger partial charge in [-0.1, -0.05) is 48.0 Å². The van der Waals surface area contributed by atoms with Gasteiger partial charge in [0, 0.05) is 11.1 Å². The van der Waals surface area contributed by atoms with Crippen LogP contribution >= 0.6 is 15.9 Å². The summed E-state index contributed by atoms with van der Waals surface area (Å²) in [6.07, 6.45) is 3.41. The summed E-state index contributed by atoms with van der Waals surface area (Å²) in [6.45, 7) is 4.62. The number of alkyl halides is 1. The van der Waals surface area contributed by atoms with Crippen LogP contribution in [0.25, 0.3) is 0 Å². The first-order valence-corrected chi connectivity index (χ1v) is 7.91. The first kappa shape index (κ1) is 12.2. The molecular formula is C16H20BrNO. The Morgan fingerprint density at radius 2 is 1.95 bits per heavy atom. The van der Waals surface area contributed by atoms with Gasteiger partial charge in [-0.15, -0.1) is 0 Å². The monoisotopic (exact) mass is 321 g/mol. The van der Waals surface area contributed by atoms with Gasteiger partial charge in [0.1, 0.15) is 0 Å². The highest BCUT2D eigenvalue weighted by molar-refractivity contribution is 9.10. The lowest BCUT2D eigenvalue weighted by Crippen LogP contribution is -2.62. The van der Waals surface area contributed by atoms with Crippen LogP contribution in [0.4, 0.5) is 5.69 Å². The number of hydrogen-bond donors (Lipinski definition) is 2. The van der Waals surface area contributed by atoms with Gasteiger partial charge in [0.25, 0.3) is 0 Å². The third-order valence-electron chi connectivity index (χ3n) is 6.64. The van der Waals surface area contributed by atoms with E-state index in [2.05, 4.69) is 35.1 Å². The molecule has 3 fully saturated rings. The third kappa shape index (κ3) is 1.04. The molecule has 1 aromatic carbocycles. The molecule has 0 radical (unpaired) electrons. The molecule has 102 valence electrons. The molecule has 0 aliphatic heterocycles. The summed E-state index contributed by atoms with van der Waals surface area (Å²) in [5.41, 5.74) is 0.377. The van der Waals surface area contributed by atoms with E-state index in [-0.39, 0.29) is 15.2 Å². The summed E-state index contributed by atoms with van der Waals surface area (Å²) in [7, 11) is 0. The van der Waals surface area contributed by atoms with Gasteiger partial charge < -0.3 is 10.4 Å². The van der Waals surface area contributed by atoms with Crippen LogP contribution in [0.5, 0.6) is 0 Å². The van der Waals surface area contributed by atoms with Crippen molar-refractivity contribution in [3.63, 3.8) is 0 Å². The third-order valence-corrected chi connectivity index (χ3v) is 8.05. The second-order valence-electron chi connectivity index (χ2n) is 7.08. The number of aliphatic hydroxyl groups is 1. The van der Waals surface area contributed by atoms with E-state index < -0.39 is 5.72 Å². The lowest BCUT2D eigenvalue weighted by atomic mass is 9.60. The summed E-state index contributed by atoms with van der Waals surface area (Å²) in [4.78, 5) is 0. The first-order valence-electron chi connectivity index (χ1n) is 7.12. The molecule has 5 atom stereocenters. The van der Waals surface area contributed by atoms with Crippen LogP contribution in [-0.2, 0) is 0 Å². The molecule has 4 bridgehead atoms. The number of anilines is 1. The minimum Gasteiger partial charge on any atom is -0.369 e. The molecule has 4 rings (SSSR count). The van der Waals surface area contributed by atoms with E-state index in [0.717, 1.165) is 18.5 Å². The maximum absolute atomic E-state index is 11.5. The summed E-state index contributed by atoms with van der Waals surface area (Å²) in [6, 6.07) is 10.1. The van der Waals surface area contributed by atoms with E-state index in [1.807, 2.05) is 30.3 Å². The van der Waals surface area contributed by atoms with Gasteiger partial charge in [-0.25, -0.2) is 0 Å². The Labute approximate surface area is 122 Å². The molecule has 19 heavy (non-hydrogen) atoms. The molecule has 0 aromatic heterocycles. The Balaban J connectivity index is 1.79. The Hall–Kier alpha value is -0.540. The van der Waals surface area contributed by atoms with Crippen LogP contribution in [0.15, 0.2) is 30.3 Å². The molecule has 3 saturated carbocycles. The molecule has 0 saturated heterocycles. The molecular weight excluding hydrogens is 302 g/mol. The normalized spacial score (nSPS) is 54.0. The number of halogens is 1. The van der Waals surface area contributed by atoms with Crippen LogP contribution in [0, 0.1) is 16.7 Å². The fraction of sp³-hybridized carbons (Fsp3) is 0.625. The SMILES string of the molecule is C[C@@]12CC[C@H]3[C@]1(C)C[C@@]3(Br)[C@]2(O)Nc1ccccc1. The predicted molar refractivity (Wildman–Crippen MR) is 80.2 cm³/mol. The topological polar surface area (TPSA) is 32.3 Å². The van der Waals surface area contributed by atoms with Crippen molar-refractivity contribution in [1.82, 2.24) is 0 Å². The number of benzene rings is 1. The Morgan fingerprint density at radius 3 is 2.53 bits per heavy atom. The summed E-state index contributed by atoms with van der Waals surface area (Å²) >= 11 is 3.90. The lowest BCUT2D eigenvalue weighted by molar-refractivity contribution is -0.0450. The van der Waals surface area contributed by atoms with Crippen LogP contribution in [0.3, 0.4) is 0 Å². The second-order valence-corrected chi connectivity index (χ2v) is 8.50. The molecule has 1 aromatic rings. The van der Waals surface area contributed by atoms with Crippen LogP contribution in [0.1, 0.15) is 33.1 Å². The fourth-order valence-electron chi connectivity index (χ4n) is 5.41. The predicted octanol–water partition coefficient (Wildman–Crippen LogP) is 3.76. The maximum atomic E-state index is 11.5. The zero-order chi connectivity index (χ0) is 13.5. The molecule has 0 unspecified atom stereocenters. The van der Waals surface area contributed by atoms with Gasteiger partial charge in [0.15, 0.2) is 5.72 Å². The minimum atomic E-state index is -0.848. The average Bonchev–Trinajstić information content (AvgIpc) is 2.69. The zero-order valence-electron chi connectivity index (χ0n) is 11.4. The summed E-state index contributed by atoms with van der Waals surface area (Å²) in [5.74, 6) is 0.589. The van der Waals surface area contributed by atoms with Crippen LogP contribution < -0.4 is 5.32 Å². The first-order chi connectivity index (χ1) is 8.87. The van der Waals surface area contributed by atoms with Crippen LogP contribution in [0.2, 0.25) is 0 Å². The number of para-hydroxylation sites is 1. The van der Waals surface area contributed by atoms with Crippen molar-refractivity contribution in [3.05, 3.63) is 30.3 Å². The molecule has 0 amide bonds. The molecule has 0 heterocycles. The molecule has 0 spiro atoms. The second kappa shape index (κ2) is 3.20. The summed E-state index contributed by atoms with van der Waals surface area (Å²) < 4.78 is -0.155. The number of nitrogens with one attached hydrogen (secondary N) is 1. The van der Waals surface area contributed by atoms with Gasteiger partial charge in [0.2, 0.25) is 0 Å². The van der Waals surface area contributed by atoms with Crippen molar-refractivity contribution in [3.8, 4) is 0 Å². The van der Waals surface area contributed by atoms with Gasteiger partial charge in [0.05, 0.1) is 4.32 Å². The highest BCUT2D eigenvalue weighted by Crippen LogP contribution is 2.86. The standard InChI is InChI=1S/C16H20BrNO/c1-13-10-15(17)12(13)8-9-14(13,2)16(15,19)18-11-6-4-3-5-7-11/h3-7,12,18-19H,8-10H2,1-2H3/t12-,13-,14+,15-,16-/m0/s1. The van der Waals surface area contributed by atoms with Crippen molar-refractivity contribution in [2.45, 2.75) is 43.2 Å². The van der Waals surface area contributed by atoms with Crippen molar-refractivity contribution >= 4 is 21.6 Å². The quantitative estimate of drug-likeness (QED) is 0.642. The highest BCUT2D eigenvalue weighted by Gasteiger charge is 2.88. The molecule has 3 heteroatoms. The smallest absolute Gasteiger partial charge is 0.157 e. The van der Waals surface area contributed by atoms with Gasteiger partial charge in [-0.2, -0.15) is 0 Å². The Morgan fingerprint density at radius 1 is 1.26 bits per heavy atom. The lowest BCUT2D eigenvalue weighted by Gasteiger charge is -2.52. The molecule has 2 nitrogen and oxygen atoms in total. The van der Waals surface area contributed by atoms with Crippen molar-refractivity contribution < 1.29 is 5.11 Å². The van der Waals surface area contributed by atoms with E-state index in [9.17, 15) is 5.11 Å². The number of rotatable bonds is 2. The largest absolute Gasteiger partial charge is 0.369 e. The van der Waals surface area contributed by atoms with E-state index in [0.29, 0.717) is 5.92 Å². The highest BCUT2D eigenvalue weighted by atomic mass is 79.9.